The van der Waals surface area contributed by atoms with Gasteiger partial charge < -0.3 is 10.1 Å². The first-order valence-corrected chi connectivity index (χ1v) is 10.3. The van der Waals surface area contributed by atoms with E-state index in [2.05, 4.69) is 36.3 Å². The second-order valence-electron chi connectivity index (χ2n) is 6.05. The van der Waals surface area contributed by atoms with E-state index in [9.17, 15) is 4.79 Å². The number of hydrogen-bond donors (Lipinski definition) is 1. The van der Waals surface area contributed by atoms with Crippen LogP contribution >= 0.6 is 23.1 Å². The second kappa shape index (κ2) is 8.56. The van der Waals surface area contributed by atoms with Crippen LogP contribution in [0.15, 0.2) is 41.3 Å². The number of fused-ring (bicyclic) bond motifs is 1. The van der Waals surface area contributed by atoms with Crippen LogP contribution in [0.25, 0.3) is 10.2 Å². The third kappa shape index (κ3) is 4.56. The van der Waals surface area contributed by atoms with Crippen molar-refractivity contribution >= 4 is 44.4 Å². The molecule has 6 heteroatoms. The molecule has 3 rings (SSSR count). The predicted molar refractivity (Wildman–Crippen MR) is 111 cm³/mol. The molecule has 1 aromatic heterocycles. The summed E-state index contributed by atoms with van der Waals surface area (Å²) < 4.78 is 6.26. The maximum atomic E-state index is 12.2. The van der Waals surface area contributed by atoms with Crippen LogP contribution in [0.5, 0.6) is 5.75 Å². The first-order valence-electron chi connectivity index (χ1n) is 8.50. The van der Waals surface area contributed by atoms with Gasteiger partial charge in [0.25, 0.3) is 0 Å². The number of methoxy groups -OCH3 is 1. The van der Waals surface area contributed by atoms with Gasteiger partial charge in [0.1, 0.15) is 5.75 Å². The number of aromatic nitrogens is 1. The van der Waals surface area contributed by atoms with Crippen LogP contribution in [0.2, 0.25) is 0 Å². The number of ether oxygens (including phenoxy) is 1. The fourth-order valence-corrected chi connectivity index (χ4v) is 4.35. The predicted octanol–water partition coefficient (Wildman–Crippen LogP) is 5.43. The minimum absolute atomic E-state index is 0.0220. The molecule has 0 atom stereocenters. The summed E-state index contributed by atoms with van der Waals surface area (Å²) in [6.45, 7) is 4.15. The lowest BCUT2D eigenvalue weighted by Crippen LogP contribution is -2.11. The average Bonchev–Trinajstić information content (AvgIpc) is 3.05. The normalized spacial score (nSPS) is 10.9. The number of benzene rings is 2. The zero-order chi connectivity index (χ0) is 18.5. The lowest BCUT2D eigenvalue weighted by molar-refractivity contribution is -0.116. The summed E-state index contributed by atoms with van der Waals surface area (Å²) in [6, 6.07) is 12.1. The van der Waals surface area contributed by atoms with E-state index in [1.54, 1.807) is 18.9 Å². The Morgan fingerprint density at radius 3 is 2.69 bits per heavy atom. The summed E-state index contributed by atoms with van der Waals surface area (Å²) in [6.07, 6.45) is 1.32. The van der Waals surface area contributed by atoms with E-state index in [1.807, 2.05) is 24.3 Å². The summed E-state index contributed by atoms with van der Waals surface area (Å²) >= 11 is 3.27. The van der Waals surface area contributed by atoms with Crippen molar-refractivity contribution in [3.63, 3.8) is 0 Å². The summed E-state index contributed by atoms with van der Waals surface area (Å²) in [5.41, 5.74) is 3.38. The number of carbonyl (C=O) groups is 1. The highest BCUT2D eigenvalue weighted by atomic mass is 32.2. The Hall–Kier alpha value is -2.05. The van der Waals surface area contributed by atoms with E-state index < -0.39 is 0 Å². The standard InChI is InChI=1S/C20H22N2O2S2/c1-13-6-11-17-19(14(13)2)22-20(26-17)21-18(23)5-4-12-25-16-9-7-15(24-3)8-10-16/h6-11H,4-5,12H2,1-3H3,(H,21,22,23). The number of amides is 1. The van der Waals surface area contributed by atoms with Crippen LogP contribution in [0.1, 0.15) is 24.0 Å². The topological polar surface area (TPSA) is 51.2 Å². The largest absolute Gasteiger partial charge is 0.497 e. The molecule has 2 aromatic carbocycles. The van der Waals surface area contributed by atoms with Crippen molar-refractivity contribution in [2.24, 2.45) is 0 Å². The monoisotopic (exact) mass is 386 g/mol. The quantitative estimate of drug-likeness (QED) is 0.434. The Labute approximate surface area is 162 Å². The number of nitrogens with zero attached hydrogens (tertiary/aromatic N) is 1. The van der Waals surface area contributed by atoms with Gasteiger partial charge in [-0.05, 0) is 67.5 Å². The third-order valence-electron chi connectivity index (χ3n) is 4.21. The Morgan fingerprint density at radius 2 is 1.96 bits per heavy atom. The number of hydrogen-bond acceptors (Lipinski definition) is 5. The molecule has 136 valence electrons. The van der Waals surface area contributed by atoms with Crippen molar-refractivity contribution in [1.82, 2.24) is 4.98 Å². The molecule has 0 fully saturated rings. The summed E-state index contributed by atoms with van der Waals surface area (Å²) in [5, 5.41) is 3.62. The molecule has 0 bridgehead atoms. The Balaban J connectivity index is 1.47. The number of anilines is 1. The average molecular weight is 387 g/mol. The van der Waals surface area contributed by atoms with Gasteiger partial charge in [-0.15, -0.1) is 11.8 Å². The van der Waals surface area contributed by atoms with Crippen LogP contribution in [0, 0.1) is 13.8 Å². The molecule has 4 nitrogen and oxygen atoms in total. The van der Waals surface area contributed by atoms with Gasteiger partial charge in [-0.3, -0.25) is 4.79 Å². The van der Waals surface area contributed by atoms with E-state index in [0.717, 1.165) is 28.1 Å². The molecule has 0 unspecified atom stereocenters. The molecule has 1 heterocycles. The van der Waals surface area contributed by atoms with Gasteiger partial charge >= 0.3 is 0 Å². The van der Waals surface area contributed by atoms with Gasteiger partial charge in [-0.1, -0.05) is 17.4 Å². The Morgan fingerprint density at radius 1 is 1.19 bits per heavy atom. The highest BCUT2D eigenvalue weighted by Gasteiger charge is 2.10. The van der Waals surface area contributed by atoms with Crippen molar-refractivity contribution in [3.8, 4) is 5.75 Å². The molecule has 0 spiro atoms. The third-order valence-corrected chi connectivity index (χ3v) is 6.24. The zero-order valence-corrected chi connectivity index (χ0v) is 16.8. The number of aryl methyl sites for hydroxylation is 2. The fraction of sp³-hybridized carbons (Fsp3) is 0.300. The minimum Gasteiger partial charge on any atom is -0.497 e. The van der Waals surface area contributed by atoms with Crippen molar-refractivity contribution in [3.05, 3.63) is 47.5 Å². The minimum atomic E-state index is 0.0220. The Bertz CT molecular complexity index is 904. The van der Waals surface area contributed by atoms with Crippen LogP contribution in [-0.2, 0) is 4.79 Å². The molecule has 1 N–H and O–H groups in total. The van der Waals surface area contributed by atoms with Crippen LogP contribution in [0.4, 0.5) is 5.13 Å². The first-order chi connectivity index (χ1) is 12.6. The highest BCUT2D eigenvalue weighted by molar-refractivity contribution is 7.99. The molecule has 0 radical (unpaired) electrons. The second-order valence-corrected chi connectivity index (χ2v) is 8.25. The molecule has 0 aliphatic rings. The number of thiazole rings is 1. The van der Waals surface area contributed by atoms with Gasteiger partial charge in [0.15, 0.2) is 5.13 Å². The van der Waals surface area contributed by atoms with Gasteiger partial charge in [-0.25, -0.2) is 4.98 Å². The molecule has 0 aliphatic carbocycles. The molecular weight excluding hydrogens is 364 g/mol. The van der Waals surface area contributed by atoms with E-state index in [4.69, 9.17) is 4.74 Å². The van der Waals surface area contributed by atoms with Gasteiger partial charge in [0, 0.05) is 11.3 Å². The molecule has 0 saturated carbocycles. The highest BCUT2D eigenvalue weighted by Crippen LogP contribution is 2.29. The number of carbonyl (C=O) groups excluding carboxylic acids is 1. The van der Waals surface area contributed by atoms with Gasteiger partial charge in [0.05, 0.1) is 17.3 Å². The molecule has 0 saturated heterocycles. The molecule has 1 amide bonds. The molecule has 0 aliphatic heterocycles. The van der Waals surface area contributed by atoms with E-state index in [1.165, 1.54) is 27.4 Å². The molecule has 3 aromatic rings. The first kappa shape index (κ1) is 18.7. The van der Waals surface area contributed by atoms with Crippen molar-refractivity contribution in [2.45, 2.75) is 31.6 Å². The summed E-state index contributed by atoms with van der Waals surface area (Å²) in [5.74, 6) is 1.78. The van der Waals surface area contributed by atoms with E-state index in [-0.39, 0.29) is 5.91 Å². The van der Waals surface area contributed by atoms with Crippen molar-refractivity contribution < 1.29 is 9.53 Å². The maximum Gasteiger partial charge on any atom is 0.226 e. The SMILES string of the molecule is COc1ccc(SCCCC(=O)Nc2nc3c(C)c(C)ccc3s2)cc1. The zero-order valence-electron chi connectivity index (χ0n) is 15.2. The number of thioether (sulfide) groups is 1. The summed E-state index contributed by atoms with van der Waals surface area (Å²) in [4.78, 5) is 17.9. The van der Waals surface area contributed by atoms with Gasteiger partial charge in [-0.2, -0.15) is 0 Å². The number of nitrogens with one attached hydrogen (secondary N) is 1. The lowest BCUT2D eigenvalue weighted by atomic mass is 10.1. The van der Waals surface area contributed by atoms with Crippen LogP contribution in [0.3, 0.4) is 0 Å². The van der Waals surface area contributed by atoms with Crippen molar-refractivity contribution in [1.29, 1.82) is 0 Å². The van der Waals surface area contributed by atoms with E-state index >= 15 is 0 Å². The molecule has 26 heavy (non-hydrogen) atoms. The van der Waals surface area contributed by atoms with Crippen LogP contribution < -0.4 is 10.1 Å². The smallest absolute Gasteiger partial charge is 0.226 e. The fourth-order valence-electron chi connectivity index (χ4n) is 2.56. The molecular formula is C20H22N2O2S2. The Kier molecular flexibility index (Phi) is 6.16. The van der Waals surface area contributed by atoms with Crippen LogP contribution in [-0.4, -0.2) is 23.8 Å². The summed E-state index contributed by atoms with van der Waals surface area (Å²) in [7, 11) is 1.66. The number of rotatable bonds is 7. The van der Waals surface area contributed by atoms with Gasteiger partial charge in [0.2, 0.25) is 5.91 Å². The van der Waals surface area contributed by atoms with Crippen molar-refractivity contribution in [2.75, 3.05) is 18.2 Å². The lowest BCUT2D eigenvalue weighted by Gasteiger charge is -2.04. The van der Waals surface area contributed by atoms with E-state index in [0.29, 0.717) is 11.6 Å². The maximum absolute atomic E-state index is 12.2.